The molecule has 2 aromatic carbocycles. The van der Waals surface area contributed by atoms with Gasteiger partial charge in [0, 0.05) is 10.8 Å². The molecule has 2 bridgehead atoms. The molecule has 6 rings (SSSR count). The quantitative estimate of drug-likeness (QED) is 0.317. The van der Waals surface area contributed by atoms with Crippen LogP contribution in [0.4, 0.5) is 0 Å². The van der Waals surface area contributed by atoms with E-state index in [4.69, 9.17) is 14.1 Å². The van der Waals surface area contributed by atoms with Gasteiger partial charge in [-0.25, -0.2) is 9.78 Å². The van der Waals surface area contributed by atoms with E-state index < -0.39 is 5.97 Å². The maximum Gasteiger partial charge on any atom is 0.336 e. The second kappa shape index (κ2) is 7.32. The minimum Gasteiger partial charge on any atom is -0.478 e. The molecule has 4 heterocycles. The Hall–Kier alpha value is -3.90. The summed E-state index contributed by atoms with van der Waals surface area (Å²) >= 11 is 1.63. The van der Waals surface area contributed by atoms with Crippen LogP contribution in [0, 0.1) is 13.8 Å². The number of rotatable bonds is 4. The number of fused-ring (bicyclic) bond motifs is 4. The van der Waals surface area contributed by atoms with Crippen molar-refractivity contribution in [3.8, 4) is 16.3 Å². The number of hydrogen-bond donors (Lipinski definition) is 1. The molecule has 0 radical (unpaired) electrons. The first-order valence-corrected chi connectivity index (χ1v) is 11.4. The van der Waals surface area contributed by atoms with E-state index in [1.54, 1.807) is 17.4 Å². The van der Waals surface area contributed by atoms with E-state index in [1.165, 1.54) is 0 Å². The van der Waals surface area contributed by atoms with Crippen molar-refractivity contribution in [2.75, 3.05) is 0 Å². The Morgan fingerprint density at radius 1 is 1.12 bits per heavy atom. The molecule has 0 atom stereocenters. The van der Waals surface area contributed by atoms with Gasteiger partial charge < -0.3 is 14.3 Å². The third kappa shape index (κ3) is 3.22. The highest BCUT2D eigenvalue weighted by molar-refractivity contribution is 7.22. The SMILES string of the molecule is Cc1c(-c2cc(C(=O)O)c3c(OC4=Cc5ccc(o5)C4)ccc(C)c3n2)sc2ccccc12. The number of hydrogen-bond acceptors (Lipinski definition) is 5. The monoisotopic (exact) mass is 453 g/mol. The number of nitrogens with zero attached hydrogens (tertiary/aromatic N) is 1. The predicted octanol–water partition coefficient (Wildman–Crippen LogP) is 7.00. The lowest BCUT2D eigenvalue weighted by Crippen LogP contribution is -2.06. The lowest BCUT2D eigenvalue weighted by molar-refractivity contribution is 0.0698. The smallest absolute Gasteiger partial charge is 0.336 e. The van der Waals surface area contributed by atoms with Crippen LogP contribution in [0.3, 0.4) is 0 Å². The molecule has 3 aromatic heterocycles. The van der Waals surface area contributed by atoms with E-state index in [0.717, 1.165) is 37.6 Å². The lowest BCUT2D eigenvalue weighted by atomic mass is 10.0. The zero-order valence-corrected chi connectivity index (χ0v) is 18.8. The molecule has 1 aliphatic rings. The van der Waals surface area contributed by atoms with E-state index in [-0.39, 0.29) is 5.56 Å². The number of thiophene rings is 1. The van der Waals surface area contributed by atoms with Crippen molar-refractivity contribution < 1.29 is 19.1 Å². The fraction of sp³-hybridized carbons (Fsp3) is 0.111. The summed E-state index contributed by atoms with van der Waals surface area (Å²) in [6.45, 7) is 4.00. The molecule has 1 N–H and O–H groups in total. The summed E-state index contributed by atoms with van der Waals surface area (Å²) in [5.41, 5.74) is 3.48. The third-order valence-electron chi connectivity index (χ3n) is 6.01. The van der Waals surface area contributed by atoms with Gasteiger partial charge in [-0.2, -0.15) is 0 Å². The Morgan fingerprint density at radius 2 is 1.97 bits per heavy atom. The summed E-state index contributed by atoms with van der Waals surface area (Å²) in [4.78, 5) is 18.3. The van der Waals surface area contributed by atoms with Crippen LogP contribution < -0.4 is 4.74 Å². The number of furan rings is 1. The number of aromatic nitrogens is 1. The van der Waals surface area contributed by atoms with Gasteiger partial charge in [-0.1, -0.05) is 24.3 Å². The lowest BCUT2D eigenvalue weighted by Gasteiger charge is -2.16. The van der Waals surface area contributed by atoms with Gasteiger partial charge >= 0.3 is 5.97 Å². The van der Waals surface area contributed by atoms with Crippen LogP contribution in [-0.4, -0.2) is 16.1 Å². The van der Waals surface area contributed by atoms with Crippen LogP contribution >= 0.6 is 11.3 Å². The van der Waals surface area contributed by atoms with Gasteiger partial charge in [0.2, 0.25) is 0 Å². The van der Waals surface area contributed by atoms with Crippen LogP contribution in [0.5, 0.6) is 5.75 Å². The minimum absolute atomic E-state index is 0.180. The molecule has 0 fully saturated rings. The summed E-state index contributed by atoms with van der Waals surface area (Å²) in [5, 5.41) is 11.8. The highest BCUT2D eigenvalue weighted by atomic mass is 32.1. The predicted molar refractivity (Wildman–Crippen MR) is 130 cm³/mol. The molecule has 0 aliphatic carbocycles. The van der Waals surface area contributed by atoms with Crippen molar-refractivity contribution in [3.05, 3.63) is 88.6 Å². The maximum absolute atomic E-state index is 12.4. The van der Waals surface area contributed by atoms with Crippen LogP contribution in [0.15, 0.2) is 64.8 Å². The van der Waals surface area contributed by atoms with Crippen LogP contribution in [-0.2, 0) is 6.42 Å². The second-order valence-corrected chi connectivity index (χ2v) is 9.26. The molecule has 33 heavy (non-hydrogen) atoms. The summed E-state index contributed by atoms with van der Waals surface area (Å²) in [6, 6.07) is 17.4. The first kappa shape index (κ1) is 19.8. The molecule has 0 saturated heterocycles. The molecule has 0 unspecified atom stereocenters. The Morgan fingerprint density at radius 3 is 2.76 bits per heavy atom. The van der Waals surface area contributed by atoms with Crippen molar-refractivity contribution in [1.29, 1.82) is 0 Å². The standard InChI is InChI=1S/C27H19NO4S/c1-14-7-10-22(32-18-11-16-8-9-17(12-18)31-16)24-20(27(29)30)13-21(28-25(14)24)26-15(2)19-5-3-4-6-23(19)33-26/h3-11,13H,12H2,1-2H3,(H,29,30). The van der Waals surface area contributed by atoms with Crippen molar-refractivity contribution >= 4 is 44.4 Å². The third-order valence-corrected chi connectivity index (χ3v) is 7.30. The molecule has 5 aromatic rings. The fourth-order valence-electron chi connectivity index (χ4n) is 4.39. The number of aromatic carboxylic acids is 1. The van der Waals surface area contributed by atoms with Crippen LogP contribution in [0.1, 0.15) is 33.0 Å². The Bertz CT molecular complexity index is 1620. The summed E-state index contributed by atoms with van der Waals surface area (Å²) < 4.78 is 13.0. The van der Waals surface area contributed by atoms with Gasteiger partial charge in [-0.15, -0.1) is 11.3 Å². The number of allylic oxidation sites excluding steroid dienone is 1. The van der Waals surface area contributed by atoms with Crippen molar-refractivity contribution in [3.63, 3.8) is 0 Å². The zero-order valence-electron chi connectivity index (χ0n) is 18.0. The average molecular weight is 454 g/mol. The number of benzene rings is 2. The van der Waals surface area contributed by atoms with Crippen molar-refractivity contribution in [2.24, 2.45) is 0 Å². The molecule has 5 nitrogen and oxygen atoms in total. The first-order valence-electron chi connectivity index (χ1n) is 10.6. The van der Waals surface area contributed by atoms with Gasteiger partial charge in [0.25, 0.3) is 0 Å². The molecule has 0 spiro atoms. The molecule has 0 saturated carbocycles. The molecular weight excluding hydrogens is 434 g/mol. The normalized spacial score (nSPS) is 12.8. The van der Waals surface area contributed by atoms with Crippen LogP contribution in [0.2, 0.25) is 0 Å². The van der Waals surface area contributed by atoms with Gasteiger partial charge in [-0.3, -0.25) is 0 Å². The topological polar surface area (TPSA) is 72.6 Å². The Balaban J connectivity index is 1.54. The Labute approximate surface area is 193 Å². The molecule has 162 valence electrons. The molecule has 6 heteroatoms. The number of ether oxygens (including phenoxy) is 1. The zero-order chi connectivity index (χ0) is 22.7. The van der Waals surface area contributed by atoms with Gasteiger partial charge in [0.15, 0.2) is 0 Å². The number of carboxylic acids is 1. The second-order valence-electron chi connectivity index (χ2n) is 8.21. The fourth-order valence-corrected chi connectivity index (χ4v) is 5.56. The number of carbonyl (C=O) groups is 1. The van der Waals surface area contributed by atoms with Crippen molar-refractivity contribution in [2.45, 2.75) is 20.3 Å². The number of carboxylic acid groups (broad SMARTS) is 1. The summed E-state index contributed by atoms with van der Waals surface area (Å²) in [6.07, 6.45) is 2.35. The molecule has 1 aliphatic heterocycles. The highest BCUT2D eigenvalue weighted by Crippen LogP contribution is 2.40. The number of pyridine rings is 1. The van der Waals surface area contributed by atoms with Crippen molar-refractivity contribution in [1.82, 2.24) is 4.98 Å². The first-order chi connectivity index (χ1) is 16.0. The largest absolute Gasteiger partial charge is 0.478 e. The summed E-state index contributed by atoms with van der Waals surface area (Å²) in [5.74, 6) is 1.72. The van der Waals surface area contributed by atoms with Gasteiger partial charge in [0.05, 0.1) is 33.5 Å². The maximum atomic E-state index is 12.4. The summed E-state index contributed by atoms with van der Waals surface area (Å²) in [7, 11) is 0. The van der Waals surface area contributed by atoms with E-state index >= 15 is 0 Å². The van der Waals surface area contributed by atoms with E-state index in [9.17, 15) is 9.90 Å². The average Bonchev–Trinajstić information content (AvgIpc) is 3.33. The van der Waals surface area contributed by atoms with Crippen LogP contribution in [0.25, 0.3) is 37.6 Å². The van der Waals surface area contributed by atoms with Gasteiger partial charge in [-0.05, 0) is 60.7 Å². The highest BCUT2D eigenvalue weighted by Gasteiger charge is 2.22. The van der Waals surface area contributed by atoms with E-state index in [1.807, 2.05) is 49.4 Å². The number of aryl methyl sites for hydroxylation is 2. The van der Waals surface area contributed by atoms with E-state index in [0.29, 0.717) is 34.5 Å². The van der Waals surface area contributed by atoms with E-state index in [2.05, 4.69) is 19.1 Å². The van der Waals surface area contributed by atoms with Gasteiger partial charge in [0.1, 0.15) is 23.0 Å². The minimum atomic E-state index is -1.01. The Kier molecular flexibility index (Phi) is 4.38. The molecule has 0 amide bonds. The molecular formula is C27H19NO4S.